The van der Waals surface area contributed by atoms with Crippen molar-refractivity contribution in [3.05, 3.63) is 78.1 Å². The molecule has 0 aliphatic heterocycles. The Hall–Kier alpha value is -3.74. The summed E-state index contributed by atoms with van der Waals surface area (Å²) in [5.41, 5.74) is 2.96. The molecule has 1 heterocycles. The lowest BCUT2D eigenvalue weighted by molar-refractivity contribution is -0.116. The molecule has 0 atom stereocenters. The van der Waals surface area contributed by atoms with Crippen molar-refractivity contribution < 1.29 is 9.59 Å². The number of aromatic nitrogens is 2. The number of benzene rings is 2. The molecule has 3 N–H and O–H groups in total. The Morgan fingerprint density at radius 3 is 2.41 bits per heavy atom. The predicted octanol–water partition coefficient (Wildman–Crippen LogP) is 3.89. The van der Waals surface area contributed by atoms with E-state index in [4.69, 9.17) is 0 Å². The van der Waals surface area contributed by atoms with Crippen molar-refractivity contribution >= 4 is 29.1 Å². The Morgan fingerprint density at radius 1 is 0.931 bits per heavy atom. The molecule has 0 aliphatic rings. The highest BCUT2D eigenvalue weighted by molar-refractivity contribution is 5.95. The van der Waals surface area contributed by atoms with Crippen molar-refractivity contribution in [3.8, 4) is 0 Å². The van der Waals surface area contributed by atoms with Gasteiger partial charge in [-0.2, -0.15) is 0 Å². The molecule has 0 bridgehead atoms. The van der Waals surface area contributed by atoms with Crippen molar-refractivity contribution in [3.63, 3.8) is 0 Å². The number of amides is 2. The molecule has 148 valence electrons. The van der Waals surface area contributed by atoms with Gasteiger partial charge in [0.1, 0.15) is 0 Å². The summed E-state index contributed by atoms with van der Waals surface area (Å²) in [6.45, 7) is 2.36. The number of carbonyl (C=O) groups is 2. The van der Waals surface area contributed by atoms with Gasteiger partial charge < -0.3 is 16.0 Å². The average Bonchev–Trinajstić information content (AvgIpc) is 2.74. The average molecular weight is 389 g/mol. The molecule has 0 aliphatic carbocycles. The number of anilines is 3. The van der Waals surface area contributed by atoms with Crippen LogP contribution in [-0.4, -0.2) is 21.8 Å². The monoisotopic (exact) mass is 389 g/mol. The molecular formula is C22H23N5O2. The van der Waals surface area contributed by atoms with Gasteiger partial charge in [0, 0.05) is 42.3 Å². The molecule has 29 heavy (non-hydrogen) atoms. The summed E-state index contributed by atoms with van der Waals surface area (Å²) in [5.74, 6) is 0.294. The fraction of sp³-hybridized carbons (Fsp3) is 0.182. The van der Waals surface area contributed by atoms with Gasteiger partial charge in [-0.05, 0) is 48.4 Å². The Balaban J connectivity index is 1.55. The van der Waals surface area contributed by atoms with Gasteiger partial charge in [-0.25, -0.2) is 9.97 Å². The molecule has 0 unspecified atom stereocenters. The molecule has 0 radical (unpaired) electrons. The molecule has 2 amide bonds. The van der Waals surface area contributed by atoms with Crippen molar-refractivity contribution in [2.45, 2.75) is 26.3 Å². The minimum atomic E-state index is -0.178. The van der Waals surface area contributed by atoms with Crippen LogP contribution in [0.25, 0.3) is 0 Å². The SMILES string of the molecule is CCCC(=O)Nc1ccc(CNC(=O)c2cccc(Nc3ncccn3)c2)cc1. The molecule has 0 spiro atoms. The van der Waals surface area contributed by atoms with E-state index in [1.807, 2.05) is 37.3 Å². The van der Waals surface area contributed by atoms with Gasteiger partial charge in [0.05, 0.1) is 0 Å². The maximum atomic E-state index is 12.5. The van der Waals surface area contributed by atoms with E-state index in [2.05, 4.69) is 25.9 Å². The zero-order valence-electron chi connectivity index (χ0n) is 16.2. The summed E-state index contributed by atoms with van der Waals surface area (Å²) in [7, 11) is 0. The quantitative estimate of drug-likeness (QED) is 0.543. The van der Waals surface area contributed by atoms with E-state index in [1.165, 1.54) is 0 Å². The van der Waals surface area contributed by atoms with Crippen LogP contribution >= 0.6 is 0 Å². The van der Waals surface area contributed by atoms with Crippen LogP contribution in [0.2, 0.25) is 0 Å². The van der Waals surface area contributed by atoms with Crippen LogP contribution in [0.5, 0.6) is 0 Å². The molecule has 3 aromatic rings. The van der Waals surface area contributed by atoms with Gasteiger partial charge in [0.15, 0.2) is 0 Å². The standard InChI is InChI=1S/C22H23N5O2/c1-2-5-20(28)26-18-10-8-16(9-11-18)15-25-21(29)17-6-3-7-19(14-17)27-22-23-12-4-13-24-22/h3-4,6-14H,2,5,15H2,1H3,(H,25,29)(H,26,28)(H,23,24,27). The molecule has 3 rings (SSSR count). The summed E-state index contributed by atoms with van der Waals surface area (Å²) < 4.78 is 0. The predicted molar refractivity (Wildman–Crippen MR) is 113 cm³/mol. The summed E-state index contributed by atoms with van der Waals surface area (Å²) in [6.07, 6.45) is 4.60. The summed E-state index contributed by atoms with van der Waals surface area (Å²) in [4.78, 5) is 32.3. The minimum Gasteiger partial charge on any atom is -0.348 e. The minimum absolute atomic E-state index is 0.00273. The Kier molecular flexibility index (Phi) is 6.89. The third-order valence-corrected chi connectivity index (χ3v) is 4.11. The van der Waals surface area contributed by atoms with Gasteiger partial charge in [-0.1, -0.05) is 25.1 Å². The molecular weight excluding hydrogens is 366 g/mol. The van der Waals surface area contributed by atoms with Crippen LogP contribution in [0.1, 0.15) is 35.7 Å². The molecule has 0 fully saturated rings. The van der Waals surface area contributed by atoms with Crippen LogP contribution in [0.3, 0.4) is 0 Å². The number of hydrogen-bond donors (Lipinski definition) is 3. The smallest absolute Gasteiger partial charge is 0.251 e. The molecule has 1 aromatic heterocycles. The first-order valence-electron chi connectivity index (χ1n) is 9.45. The van der Waals surface area contributed by atoms with Crippen molar-refractivity contribution in [1.29, 1.82) is 0 Å². The van der Waals surface area contributed by atoms with Gasteiger partial charge in [-0.15, -0.1) is 0 Å². The van der Waals surface area contributed by atoms with E-state index in [0.29, 0.717) is 24.5 Å². The number of carbonyl (C=O) groups excluding carboxylic acids is 2. The highest BCUT2D eigenvalue weighted by Gasteiger charge is 2.07. The van der Waals surface area contributed by atoms with Crippen LogP contribution in [0, 0.1) is 0 Å². The Labute approximate surface area is 169 Å². The number of nitrogens with one attached hydrogen (secondary N) is 3. The number of rotatable bonds is 8. The highest BCUT2D eigenvalue weighted by atomic mass is 16.2. The zero-order valence-corrected chi connectivity index (χ0v) is 16.2. The third kappa shape index (κ3) is 6.14. The summed E-state index contributed by atoms with van der Waals surface area (Å²) >= 11 is 0. The van der Waals surface area contributed by atoms with E-state index in [1.54, 1.807) is 36.7 Å². The van der Waals surface area contributed by atoms with Crippen LogP contribution < -0.4 is 16.0 Å². The van der Waals surface area contributed by atoms with Crippen molar-refractivity contribution in [1.82, 2.24) is 15.3 Å². The topological polar surface area (TPSA) is 96.0 Å². The van der Waals surface area contributed by atoms with Crippen LogP contribution in [0.4, 0.5) is 17.3 Å². The molecule has 2 aromatic carbocycles. The first kappa shape index (κ1) is 20.0. The lowest BCUT2D eigenvalue weighted by Crippen LogP contribution is -2.22. The van der Waals surface area contributed by atoms with E-state index < -0.39 is 0 Å². The normalized spacial score (nSPS) is 10.2. The molecule has 7 nitrogen and oxygen atoms in total. The van der Waals surface area contributed by atoms with Gasteiger partial charge in [0.2, 0.25) is 11.9 Å². The summed E-state index contributed by atoms with van der Waals surface area (Å²) in [6, 6.07) is 16.3. The Bertz CT molecular complexity index is 958. The second-order valence-corrected chi connectivity index (χ2v) is 6.46. The van der Waals surface area contributed by atoms with Crippen molar-refractivity contribution in [2.24, 2.45) is 0 Å². The second-order valence-electron chi connectivity index (χ2n) is 6.46. The lowest BCUT2D eigenvalue weighted by Gasteiger charge is -2.09. The van der Waals surface area contributed by atoms with Crippen LogP contribution in [-0.2, 0) is 11.3 Å². The molecule has 0 saturated heterocycles. The van der Waals surface area contributed by atoms with E-state index >= 15 is 0 Å². The van der Waals surface area contributed by atoms with Gasteiger partial charge >= 0.3 is 0 Å². The fourth-order valence-corrected chi connectivity index (χ4v) is 2.67. The van der Waals surface area contributed by atoms with Crippen LogP contribution in [0.15, 0.2) is 67.0 Å². The zero-order chi connectivity index (χ0) is 20.5. The third-order valence-electron chi connectivity index (χ3n) is 4.11. The van der Waals surface area contributed by atoms with Gasteiger partial charge in [0.25, 0.3) is 5.91 Å². The fourth-order valence-electron chi connectivity index (χ4n) is 2.67. The van der Waals surface area contributed by atoms with Gasteiger partial charge in [-0.3, -0.25) is 9.59 Å². The summed E-state index contributed by atoms with van der Waals surface area (Å²) in [5, 5.41) is 8.81. The maximum Gasteiger partial charge on any atom is 0.251 e. The molecule has 0 saturated carbocycles. The molecule has 7 heteroatoms. The van der Waals surface area contributed by atoms with E-state index in [0.717, 1.165) is 23.4 Å². The second kappa shape index (κ2) is 9.98. The van der Waals surface area contributed by atoms with E-state index in [-0.39, 0.29) is 11.8 Å². The first-order chi connectivity index (χ1) is 14.1. The largest absolute Gasteiger partial charge is 0.348 e. The van der Waals surface area contributed by atoms with E-state index in [9.17, 15) is 9.59 Å². The maximum absolute atomic E-state index is 12.5. The number of hydrogen-bond acceptors (Lipinski definition) is 5. The Morgan fingerprint density at radius 2 is 1.69 bits per heavy atom. The number of nitrogens with zero attached hydrogens (tertiary/aromatic N) is 2. The lowest BCUT2D eigenvalue weighted by atomic mass is 10.1. The highest BCUT2D eigenvalue weighted by Crippen LogP contribution is 2.15. The first-order valence-corrected chi connectivity index (χ1v) is 9.45. The van der Waals surface area contributed by atoms with Crippen molar-refractivity contribution in [2.75, 3.05) is 10.6 Å².